The van der Waals surface area contributed by atoms with Gasteiger partial charge in [0.05, 0.1) is 7.11 Å². The lowest BCUT2D eigenvalue weighted by molar-refractivity contribution is -0.118. The molecule has 0 heterocycles. The van der Waals surface area contributed by atoms with E-state index in [1.807, 2.05) is 49.4 Å². The van der Waals surface area contributed by atoms with Gasteiger partial charge in [-0.1, -0.05) is 37.6 Å². The molecule has 0 bridgehead atoms. The van der Waals surface area contributed by atoms with Crippen molar-refractivity contribution in [3.63, 3.8) is 0 Å². The first-order valence-corrected chi connectivity index (χ1v) is 9.35. The summed E-state index contributed by atoms with van der Waals surface area (Å²) in [6, 6.07) is 13.4. The second kappa shape index (κ2) is 10.6. The number of anilines is 1. The van der Waals surface area contributed by atoms with Crippen LogP contribution < -0.4 is 20.1 Å². The van der Waals surface area contributed by atoms with Crippen LogP contribution in [-0.4, -0.2) is 26.2 Å². The van der Waals surface area contributed by atoms with E-state index in [0.717, 1.165) is 36.3 Å². The quantitative estimate of drug-likeness (QED) is 0.617. The molecular formula is C22H30N2O3. The smallest absolute Gasteiger partial charge is 0.262 e. The summed E-state index contributed by atoms with van der Waals surface area (Å²) >= 11 is 0. The fourth-order valence-corrected chi connectivity index (χ4v) is 2.54. The summed E-state index contributed by atoms with van der Waals surface area (Å²) in [7, 11) is 1.60. The highest BCUT2D eigenvalue weighted by Crippen LogP contribution is 2.28. The Labute approximate surface area is 162 Å². The van der Waals surface area contributed by atoms with E-state index < -0.39 is 0 Å². The van der Waals surface area contributed by atoms with Crippen molar-refractivity contribution in [1.82, 2.24) is 5.32 Å². The minimum Gasteiger partial charge on any atom is -0.493 e. The number of aryl methyl sites for hydroxylation is 1. The molecule has 0 unspecified atom stereocenters. The maximum Gasteiger partial charge on any atom is 0.262 e. The Morgan fingerprint density at radius 1 is 1.07 bits per heavy atom. The maximum atomic E-state index is 12.1. The molecule has 2 rings (SSSR count). The van der Waals surface area contributed by atoms with Gasteiger partial charge in [-0.2, -0.15) is 0 Å². The molecule has 0 spiro atoms. The molecule has 2 aromatic rings. The minimum absolute atomic E-state index is 0.0732. The van der Waals surface area contributed by atoms with E-state index in [-0.39, 0.29) is 12.5 Å². The lowest BCUT2D eigenvalue weighted by atomic mass is 10.1. The maximum absolute atomic E-state index is 12.1. The van der Waals surface area contributed by atoms with Gasteiger partial charge in [-0.3, -0.25) is 4.79 Å². The van der Waals surface area contributed by atoms with E-state index >= 15 is 0 Å². The SMILES string of the molecule is COc1cc(CNCCC(C)C)ccc1OCC(=O)Nc1ccc(C)cc1. The summed E-state index contributed by atoms with van der Waals surface area (Å²) in [5.41, 5.74) is 3.02. The molecule has 0 radical (unpaired) electrons. The van der Waals surface area contributed by atoms with Crippen molar-refractivity contribution >= 4 is 11.6 Å². The van der Waals surface area contributed by atoms with E-state index in [1.165, 1.54) is 0 Å². The number of benzene rings is 2. The van der Waals surface area contributed by atoms with Gasteiger partial charge in [0.1, 0.15) is 0 Å². The Bertz CT molecular complexity index is 727. The first-order valence-electron chi connectivity index (χ1n) is 9.35. The molecule has 2 aromatic carbocycles. The molecule has 0 saturated carbocycles. The molecule has 27 heavy (non-hydrogen) atoms. The summed E-state index contributed by atoms with van der Waals surface area (Å²) in [6.07, 6.45) is 1.15. The summed E-state index contributed by atoms with van der Waals surface area (Å²) in [5.74, 6) is 1.66. The third-order valence-electron chi connectivity index (χ3n) is 4.15. The van der Waals surface area contributed by atoms with Crippen LogP contribution in [0.1, 0.15) is 31.4 Å². The van der Waals surface area contributed by atoms with Crippen molar-refractivity contribution in [2.45, 2.75) is 33.7 Å². The molecule has 5 nitrogen and oxygen atoms in total. The van der Waals surface area contributed by atoms with Crippen molar-refractivity contribution in [3.05, 3.63) is 53.6 Å². The zero-order chi connectivity index (χ0) is 19.6. The van der Waals surface area contributed by atoms with E-state index in [1.54, 1.807) is 7.11 Å². The molecule has 5 heteroatoms. The normalized spacial score (nSPS) is 10.7. The third-order valence-corrected chi connectivity index (χ3v) is 4.15. The highest BCUT2D eigenvalue weighted by Gasteiger charge is 2.09. The van der Waals surface area contributed by atoms with Gasteiger partial charge in [0.15, 0.2) is 18.1 Å². The van der Waals surface area contributed by atoms with Crippen LogP contribution in [-0.2, 0) is 11.3 Å². The molecule has 0 aliphatic rings. The summed E-state index contributed by atoms with van der Waals surface area (Å²) in [5, 5.41) is 6.24. The largest absolute Gasteiger partial charge is 0.493 e. The van der Waals surface area contributed by atoms with Gasteiger partial charge in [-0.15, -0.1) is 0 Å². The Morgan fingerprint density at radius 3 is 2.48 bits per heavy atom. The summed E-state index contributed by atoms with van der Waals surface area (Å²) < 4.78 is 11.1. The van der Waals surface area contributed by atoms with Crippen LogP contribution in [0.5, 0.6) is 11.5 Å². The molecule has 0 fully saturated rings. The highest BCUT2D eigenvalue weighted by molar-refractivity contribution is 5.91. The van der Waals surface area contributed by atoms with Crippen LogP contribution in [0.25, 0.3) is 0 Å². The molecule has 1 amide bonds. The number of nitrogens with one attached hydrogen (secondary N) is 2. The predicted octanol–water partition coefficient (Wildman–Crippen LogP) is 4.16. The molecule has 0 saturated heterocycles. The predicted molar refractivity (Wildman–Crippen MR) is 109 cm³/mol. The lowest BCUT2D eigenvalue weighted by Gasteiger charge is -2.13. The van der Waals surface area contributed by atoms with E-state index in [0.29, 0.717) is 17.4 Å². The second-order valence-electron chi connectivity index (χ2n) is 7.05. The van der Waals surface area contributed by atoms with Gasteiger partial charge in [-0.05, 0) is 55.6 Å². The average Bonchev–Trinajstić information content (AvgIpc) is 2.65. The monoisotopic (exact) mass is 370 g/mol. The van der Waals surface area contributed by atoms with Crippen LogP contribution in [0.4, 0.5) is 5.69 Å². The number of carbonyl (C=O) groups is 1. The zero-order valence-electron chi connectivity index (χ0n) is 16.7. The number of carbonyl (C=O) groups excluding carboxylic acids is 1. The van der Waals surface area contributed by atoms with Crippen LogP contribution >= 0.6 is 0 Å². The molecular weight excluding hydrogens is 340 g/mol. The lowest BCUT2D eigenvalue weighted by Crippen LogP contribution is -2.20. The van der Waals surface area contributed by atoms with Crippen molar-refractivity contribution in [2.24, 2.45) is 5.92 Å². The van der Waals surface area contributed by atoms with Crippen molar-refractivity contribution in [3.8, 4) is 11.5 Å². The van der Waals surface area contributed by atoms with Crippen LogP contribution in [0, 0.1) is 12.8 Å². The number of hydrogen-bond donors (Lipinski definition) is 2. The fourth-order valence-electron chi connectivity index (χ4n) is 2.54. The Hall–Kier alpha value is -2.53. The van der Waals surface area contributed by atoms with Crippen LogP contribution in [0.3, 0.4) is 0 Å². The number of amides is 1. The van der Waals surface area contributed by atoms with Gasteiger partial charge in [0.25, 0.3) is 5.91 Å². The Kier molecular flexibility index (Phi) is 8.14. The van der Waals surface area contributed by atoms with Crippen molar-refractivity contribution in [1.29, 1.82) is 0 Å². The highest BCUT2D eigenvalue weighted by atomic mass is 16.5. The van der Waals surface area contributed by atoms with E-state index in [4.69, 9.17) is 9.47 Å². The molecule has 0 aliphatic carbocycles. The average molecular weight is 370 g/mol. The minimum atomic E-state index is -0.208. The van der Waals surface area contributed by atoms with Gasteiger partial charge in [-0.25, -0.2) is 0 Å². The van der Waals surface area contributed by atoms with Crippen molar-refractivity contribution < 1.29 is 14.3 Å². The fraction of sp³-hybridized carbons (Fsp3) is 0.409. The topological polar surface area (TPSA) is 59.6 Å². The van der Waals surface area contributed by atoms with Crippen molar-refractivity contribution in [2.75, 3.05) is 25.6 Å². The molecule has 0 aromatic heterocycles. The Morgan fingerprint density at radius 2 is 1.81 bits per heavy atom. The van der Waals surface area contributed by atoms with E-state index in [9.17, 15) is 4.79 Å². The van der Waals surface area contributed by atoms with Crippen LogP contribution in [0.2, 0.25) is 0 Å². The van der Waals surface area contributed by atoms with Gasteiger partial charge in [0, 0.05) is 12.2 Å². The summed E-state index contributed by atoms with van der Waals surface area (Å²) in [6.45, 7) is 8.12. The zero-order valence-corrected chi connectivity index (χ0v) is 16.7. The number of ether oxygens (including phenoxy) is 2. The van der Waals surface area contributed by atoms with Crippen LogP contribution in [0.15, 0.2) is 42.5 Å². The standard InChI is InChI=1S/C22H30N2O3/c1-16(2)11-12-23-14-18-7-10-20(21(13-18)26-4)27-15-22(25)24-19-8-5-17(3)6-9-19/h5-10,13,16,23H,11-12,14-15H2,1-4H3,(H,24,25). The van der Waals surface area contributed by atoms with Gasteiger partial charge < -0.3 is 20.1 Å². The Balaban J connectivity index is 1.86. The summed E-state index contributed by atoms with van der Waals surface area (Å²) in [4.78, 5) is 12.1. The molecule has 2 N–H and O–H groups in total. The number of methoxy groups -OCH3 is 1. The first-order chi connectivity index (χ1) is 13.0. The first kappa shape index (κ1) is 20.8. The second-order valence-corrected chi connectivity index (χ2v) is 7.05. The third kappa shape index (κ3) is 7.31. The molecule has 0 atom stereocenters. The van der Waals surface area contributed by atoms with E-state index in [2.05, 4.69) is 24.5 Å². The van der Waals surface area contributed by atoms with Gasteiger partial charge in [0.2, 0.25) is 0 Å². The van der Waals surface area contributed by atoms with Gasteiger partial charge >= 0.3 is 0 Å². The number of hydrogen-bond acceptors (Lipinski definition) is 4. The molecule has 146 valence electrons. The molecule has 0 aliphatic heterocycles. The number of rotatable bonds is 10.